The van der Waals surface area contributed by atoms with Crippen molar-refractivity contribution >= 4 is 5.52 Å². The third kappa shape index (κ3) is 4.33. The zero-order valence-corrected chi connectivity index (χ0v) is 19.1. The second-order valence-corrected chi connectivity index (χ2v) is 8.08. The molecular weight excluding hydrogens is 456 g/mol. The summed E-state index contributed by atoms with van der Waals surface area (Å²) in [5.74, 6) is 1.16. The van der Waals surface area contributed by atoms with Gasteiger partial charge in [0.15, 0.2) is 5.82 Å². The van der Waals surface area contributed by atoms with Gasteiger partial charge in [0.25, 0.3) is 6.43 Å². The van der Waals surface area contributed by atoms with Gasteiger partial charge in [-0.15, -0.1) is 5.10 Å². The van der Waals surface area contributed by atoms with Crippen molar-refractivity contribution in [2.45, 2.75) is 33.3 Å². The molecule has 0 aliphatic rings. The van der Waals surface area contributed by atoms with Crippen LogP contribution in [0.15, 0.2) is 54.9 Å². The second kappa shape index (κ2) is 8.84. The molecule has 9 nitrogen and oxygen atoms in total. The first-order valence-corrected chi connectivity index (χ1v) is 10.8. The Kier molecular flexibility index (Phi) is 5.69. The van der Waals surface area contributed by atoms with Crippen molar-refractivity contribution in [1.82, 2.24) is 34.6 Å². The summed E-state index contributed by atoms with van der Waals surface area (Å²) in [4.78, 5) is 4.68. The van der Waals surface area contributed by atoms with Crippen LogP contribution in [0.3, 0.4) is 0 Å². The van der Waals surface area contributed by atoms with Gasteiger partial charge in [0.1, 0.15) is 11.4 Å². The fourth-order valence-corrected chi connectivity index (χ4v) is 3.71. The van der Waals surface area contributed by atoms with E-state index in [1.54, 1.807) is 61.1 Å². The molecule has 0 amide bonds. The molecule has 5 heterocycles. The van der Waals surface area contributed by atoms with E-state index in [1.165, 1.54) is 10.7 Å². The Balaban J connectivity index is 1.54. The highest BCUT2D eigenvalue weighted by Crippen LogP contribution is 2.30. The van der Waals surface area contributed by atoms with E-state index in [9.17, 15) is 13.9 Å². The molecule has 5 rings (SSSR count). The van der Waals surface area contributed by atoms with Crippen LogP contribution in [0.2, 0.25) is 0 Å². The first-order chi connectivity index (χ1) is 16.8. The van der Waals surface area contributed by atoms with Crippen molar-refractivity contribution < 1.29 is 18.6 Å². The zero-order chi connectivity index (χ0) is 24.7. The average Bonchev–Trinajstić information content (AvgIpc) is 3.43. The highest BCUT2D eigenvalue weighted by molar-refractivity contribution is 5.78. The molecule has 5 aromatic rings. The Morgan fingerprint density at radius 2 is 1.86 bits per heavy atom. The number of aliphatic hydroxyl groups is 1. The molecule has 0 fully saturated rings. The minimum absolute atomic E-state index is 0.277. The molecule has 0 aliphatic carbocycles. The molecule has 1 N–H and O–H groups in total. The van der Waals surface area contributed by atoms with Crippen LogP contribution in [0.4, 0.5) is 8.78 Å². The maximum absolute atomic E-state index is 13.2. The van der Waals surface area contributed by atoms with Gasteiger partial charge < -0.3 is 9.84 Å². The van der Waals surface area contributed by atoms with Gasteiger partial charge in [-0.25, -0.2) is 23.0 Å². The Bertz CT molecular complexity index is 1510. The van der Waals surface area contributed by atoms with E-state index in [-0.39, 0.29) is 11.5 Å². The maximum Gasteiger partial charge on any atom is 0.282 e. The van der Waals surface area contributed by atoms with Crippen LogP contribution in [0, 0.1) is 13.8 Å². The van der Waals surface area contributed by atoms with Crippen molar-refractivity contribution in [3.8, 4) is 28.7 Å². The van der Waals surface area contributed by atoms with E-state index < -0.39 is 12.5 Å². The quantitative estimate of drug-likeness (QED) is 0.376. The number of aromatic nitrogens is 7. The van der Waals surface area contributed by atoms with Crippen LogP contribution in [0.1, 0.15) is 42.1 Å². The molecule has 0 bridgehead atoms. The van der Waals surface area contributed by atoms with Gasteiger partial charge in [-0.1, -0.05) is 6.07 Å². The summed E-state index contributed by atoms with van der Waals surface area (Å²) >= 11 is 0. The predicted octanol–water partition coefficient (Wildman–Crippen LogP) is 4.77. The fraction of sp³-hybridized carbons (Fsp3) is 0.208. The summed E-state index contributed by atoms with van der Waals surface area (Å²) in [6, 6.07) is 11.9. The minimum atomic E-state index is -2.71. The number of halogens is 2. The number of aliphatic hydroxyl groups excluding tert-OH is 1. The third-order valence-electron chi connectivity index (χ3n) is 5.45. The lowest BCUT2D eigenvalue weighted by Crippen LogP contribution is -2.09. The topological polar surface area (TPSA) is 103 Å². The number of pyridine rings is 2. The van der Waals surface area contributed by atoms with Crippen LogP contribution < -0.4 is 4.74 Å². The minimum Gasteiger partial charge on any atom is -0.436 e. The number of aryl methyl sites for hydroxylation is 2. The molecule has 0 aliphatic heterocycles. The van der Waals surface area contributed by atoms with E-state index in [4.69, 9.17) is 4.74 Å². The van der Waals surface area contributed by atoms with Gasteiger partial charge in [-0.2, -0.15) is 15.3 Å². The molecular formula is C24H21F2N7O2. The molecule has 0 radical (unpaired) electrons. The molecule has 0 saturated heterocycles. The summed E-state index contributed by atoms with van der Waals surface area (Å²) in [6.07, 6.45) is -0.231. The summed E-state index contributed by atoms with van der Waals surface area (Å²) in [7, 11) is 0. The summed E-state index contributed by atoms with van der Waals surface area (Å²) in [6.45, 7) is 5.09. The zero-order valence-electron chi connectivity index (χ0n) is 19.1. The van der Waals surface area contributed by atoms with E-state index in [2.05, 4.69) is 25.4 Å². The van der Waals surface area contributed by atoms with Crippen molar-refractivity contribution in [3.05, 3.63) is 77.5 Å². The highest BCUT2D eigenvalue weighted by atomic mass is 19.3. The number of ether oxygens (including phenoxy) is 1. The van der Waals surface area contributed by atoms with Gasteiger partial charge in [-0.05, 0) is 51.1 Å². The number of hydrogen-bond donors (Lipinski definition) is 1. The lowest BCUT2D eigenvalue weighted by atomic mass is 10.1. The monoisotopic (exact) mass is 477 g/mol. The second-order valence-electron chi connectivity index (χ2n) is 8.08. The van der Waals surface area contributed by atoms with E-state index in [0.29, 0.717) is 34.1 Å². The Morgan fingerprint density at radius 1 is 1.03 bits per heavy atom. The molecule has 11 heteroatoms. The van der Waals surface area contributed by atoms with Crippen LogP contribution in [0.5, 0.6) is 11.6 Å². The molecule has 0 unspecified atom stereocenters. The van der Waals surface area contributed by atoms with Crippen LogP contribution in [-0.4, -0.2) is 39.7 Å². The summed E-state index contributed by atoms with van der Waals surface area (Å²) < 4.78 is 35.2. The largest absolute Gasteiger partial charge is 0.436 e. The lowest BCUT2D eigenvalue weighted by Gasteiger charge is -2.14. The third-order valence-corrected chi connectivity index (χ3v) is 5.45. The molecule has 178 valence electrons. The van der Waals surface area contributed by atoms with Crippen molar-refractivity contribution in [2.75, 3.05) is 0 Å². The van der Waals surface area contributed by atoms with Crippen molar-refractivity contribution in [1.29, 1.82) is 0 Å². The predicted molar refractivity (Wildman–Crippen MR) is 123 cm³/mol. The smallest absolute Gasteiger partial charge is 0.282 e. The molecule has 0 saturated carbocycles. The summed E-state index contributed by atoms with van der Waals surface area (Å²) in [5.41, 5.74) is 3.39. The van der Waals surface area contributed by atoms with Crippen molar-refractivity contribution in [2.24, 2.45) is 0 Å². The van der Waals surface area contributed by atoms with E-state index in [0.717, 1.165) is 11.2 Å². The van der Waals surface area contributed by atoms with E-state index >= 15 is 0 Å². The van der Waals surface area contributed by atoms with Gasteiger partial charge in [0, 0.05) is 22.9 Å². The average molecular weight is 477 g/mol. The normalized spacial score (nSPS) is 12.4. The highest BCUT2D eigenvalue weighted by Gasteiger charge is 2.20. The van der Waals surface area contributed by atoms with E-state index in [1.807, 2.05) is 13.0 Å². The van der Waals surface area contributed by atoms with Gasteiger partial charge in [-0.3, -0.25) is 0 Å². The first-order valence-electron chi connectivity index (χ1n) is 10.8. The number of hydrogen-bond acceptors (Lipinski definition) is 7. The van der Waals surface area contributed by atoms with Gasteiger partial charge >= 0.3 is 0 Å². The number of rotatable bonds is 6. The molecule has 1 atom stereocenters. The molecule has 5 aromatic heterocycles. The Hall–Kier alpha value is -4.25. The standard InChI is InChI=1S/C24H21F2N7O2/c1-13-4-9-22(30-29-13)35-16-5-8-21-18(11-27-32(21)12-16)19-7-6-17(15(3)34)24(28-19)33-14(2)10-20(31-33)23(25)26/h4-12,15,23,34H,1-3H3/t15-/m1/s1. The Morgan fingerprint density at radius 3 is 2.54 bits per heavy atom. The Labute approximate surface area is 198 Å². The lowest BCUT2D eigenvalue weighted by molar-refractivity contribution is 0.145. The van der Waals surface area contributed by atoms with Crippen LogP contribution in [0.25, 0.3) is 22.6 Å². The maximum atomic E-state index is 13.2. The molecule has 35 heavy (non-hydrogen) atoms. The van der Waals surface area contributed by atoms with Gasteiger partial charge in [0.05, 0.1) is 35.4 Å². The van der Waals surface area contributed by atoms with Gasteiger partial charge in [0.2, 0.25) is 5.88 Å². The number of nitrogens with zero attached hydrogens (tertiary/aromatic N) is 7. The van der Waals surface area contributed by atoms with Crippen molar-refractivity contribution in [3.63, 3.8) is 0 Å². The SMILES string of the molecule is Cc1ccc(Oc2ccc3c(-c4ccc([C@@H](C)O)c(-n5nc(C(F)F)cc5C)n4)cnn3c2)nn1. The first kappa shape index (κ1) is 22.5. The summed E-state index contributed by atoms with van der Waals surface area (Å²) in [5, 5.41) is 26.7. The number of fused-ring (bicyclic) bond motifs is 1. The van der Waals surface area contributed by atoms with Crippen LogP contribution in [-0.2, 0) is 0 Å². The molecule has 0 spiro atoms. The number of alkyl halides is 2. The van der Waals surface area contributed by atoms with Crippen LogP contribution >= 0.6 is 0 Å². The molecule has 0 aromatic carbocycles. The fourth-order valence-electron chi connectivity index (χ4n) is 3.71.